The summed E-state index contributed by atoms with van der Waals surface area (Å²) in [5.41, 5.74) is 0. The molecule has 3 heteroatoms. The Balaban J connectivity index is 2.02. The molecule has 0 spiro atoms. The molecule has 0 saturated carbocycles. The summed E-state index contributed by atoms with van der Waals surface area (Å²) in [7, 11) is 2.19. The van der Waals surface area contributed by atoms with Crippen LogP contribution in [0.5, 0.6) is 0 Å². The standard InChI is InChI=1S/C10H20N2O/c1-8-9(2)13-7-10-6-11(3)4-5-12(8)10/h8-10H,4-7H2,1-3H3/t8-,9+,10?/m1/s1. The molecule has 0 radical (unpaired) electrons. The number of ether oxygens (including phenoxy) is 1. The molecule has 0 aromatic rings. The minimum absolute atomic E-state index is 0.402. The van der Waals surface area contributed by atoms with Crippen molar-refractivity contribution >= 4 is 0 Å². The molecule has 0 aliphatic carbocycles. The zero-order valence-electron chi connectivity index (χ0n) is 8.86. The maximum atomic E-state index is 5.74. The molecule has 0 N–H and O–H groups in total. The van der Waals surface area contributed by atoms with Gasteiger partial charge in [-0.1, -0.05) is 0 Å². The molecule has 0 aromatic carbocycles. The van der Waals surface area contributed by atoms with E-state index in [1.165, 1.54) is 13.1 Å². The minimum Gasteiger partial charge on any atom is -0.375 e. The Labute approximate surface area is 80.6 Å². The van der Waals surface area contributed by atoms with E-state index in [-0.39, 0.29) is 0 Å². The molecule has 13 heavy (non-hydrogen) atoms. The fourth-order valence-corrected chi connectivity index (χ4v) is 2.38. The number of piperazine rings is 1. The number of nitrogens with zero attached hydrogens (tertiary/aromatic N) is 2. The first kappa shape index (κ1) is 9.44. The van der Waals surface area contributed by atoms with E-state index in [2.05, 4.69) is 30.7 Å². The van der Waals surface area contributed by atoms with E-state index in [1.807, 2.05) is 0 Å². The molecule has 2 saturated heterocycles. The third-order valence-corrected chi connectivity index (χ3v) is 3.49. The highest BCUT2D eigenvalue weighted by atomic mass is 16.5. The van der Waals surface area contributed by atoms with Gasteiger partial charge in [-0.25, -0.2) is 0 Å². The SMILES string of the molecule is C[C@@H]1OCC2CN(C)CCN2[C@@H]1C. The van der Waals surface area contributed by atoms with E-state index in [4.69, 9.17) is 4.74 Å². The Bertz CT molecular complexity index is 186. The highest BCUT2D eigenvalue weighted by molar-refractivity contribution is 4.89. The highest BCUT2D eigenvalue weighted by Crippen LogP contribution is 2.21. The lowest BCUT2D eigenvalue weighted by Gasteiger charge is -2.48. The van der Waals surface area contributed by atoms with Crippen LogP contribution in [0.4, 0.5) is 0 Å². The Morgan fingerprint density at radius 3 is 2.77 bits per heavy atom. The van der Waals surface area contributed by atoms with Gasteiger partial charge in [0, 0.05) is 31.7 Å². The number of hydrogen-bond donors (Lipinski definition) is 0. The second kappa shape index (κ2) is 3.56. The summed E-state index contributed by atoms with van der Waals surface area (Å²) in [6.45, 7) is 8.94. The highest BCUT2D eigenvalue weighted by Gasteiger charge is 2.35. The van der Waals surface area contributed by atoms with Crippen molar-refractivity contribution in [1.82, 2.24) is 9.80 Å². The molecule has 3 nitrogen and oxygen atoms in total. The molecule has 0 bridgehead atoms. The summed E-state index contributed by atoms with van der Waals surface area (Å²) >= 11 is 0. The van der Waals surface area contributed by atoms with Crippen LogP contribution in [0, 0.1) is 0 Å². The summed E-state index contributed by atoms with van der Waals surface area (Å²) in [5.74, 6) is 0. The third-order valence-electron chi connectivity index (χ3n) is 3.49. The van der Waals surface area contributed by atoms with E-state index >= 15 is 0 Å². The van der Waals surface area contributed by atoms with Crippen molar-refractivity contribution in [2.75, 3.05) is 33.3 Å². The van der Waals surface area contributed by atoms with Crippen LogP contribution in [0.2, 0.25) is 0 Å². The smallest absolute Gasteiger partial charge is 0.0700 e. The number of likely N-dealkylation sites (N-methyl/N-ethyl adjacent to an activating group) is 1. The average Bonchev–Trinajstić information content (AvgIpc) is 2.12. The zero-order chi connectivity index (χ0) is 9.42. The number of morpholine rings is 1. The quantitative estimate of drug-likeness (QED) is 0.542. The van der Waals surface area contributed by atoms with Crippen molar-refractivity contribution in [3.8, 4) is 0 Å². The fourth-order valence-electron chi connectivity index (χ4n) is 2.38. The van der Waals surface area contributed by atoms with E-state index < -0.39 is 0 Å². The van der Waals surface area contributed by atoms with E-state index in [9.17, 15) is 0 Å². The van der Waals surface area contributed by atoms with Crippen molar-refractivity contribution in [3.05, 3.63) is 0 Å². The Hall–Kier alpha value is -0.120. The molecule has 2 heterocycles. The van der Waals surface area contributed by atoms with Crippen LogP contribution in [0.3, 0.4) is 0 Å². The summed E-state index contributed by atoms with van der Waals surface area (Å²) in [6.07, 6.45) is 0.402. The zero-order valence-corrected chi connectivity index (χ0v) is 8.86. The van der Waals surface area contributed by atoms with Crippen molar-refractivity contribution < 1.29 is 4.74 Å². The summed E-state index contributed by atoms with van der Waals surface area (Å²) in [6, 6.07) is 1.22. The first-order valence-electron chi connectivity index (χ1n) is 5.24. The van der Waals surface area contributed by atoms with Crippen LogP contribution >= 0.6 is 0 Å². The predicted octanol–water partition coefficient (Wildman–Crippen LogP) is 0.410. The minimum atomic E-state index is 0.402. The first-order valence-corrected chi connectivity index (χ1v) is 5.24. The van der Waals surface area contributed by atoms with Gasteiger partial charge in [0.05, 0.1) is 12.7 Å². The molecule has 3 atom stereocenters. The van der Waals surface area contributed by atoms with E-state index in [0.717, 1.165) is 13.2 Å². The second-order valence-electron chi connectivity index (χ2n) is 4.43. The Morgan fingerprint density at radius 2 is 2.00 bits per heavy atom. The van der Waals surface area contributed by atoms with E-state index in [0.29, 0.717) is 18.2 Å². The number of fused-ring (bicyclic) bond motifs is 1. The molecule has 0 aromatic heterocycles. The van der Waals surface area contributed by atoms with Crippen molar-refractivity contribution in [2.45, 2.75) is 32.0 Å². The van der Waals surface area contributed by atoms with Gasteiger partial charge in [-0.2, -0.15) is 0 Å². The van der Waals surface area contributed by atoms with Gasteiger partial charge in [-0.3, -0.25) is 4.90 Å². The average molecular weight is 184 g/mol. The second-order valence-corrected chi connectivity index (χ2v) is 4.43. The van der Waals surface area contributed by atoms with Gasteiger partial charge >= 0.3 is 0 Å². The van der Waals surface area contributed by atoms with Crippen LogP contribution in [0.25, 0.3) is 0 Å². The topological polar surface area (TPSA) is 15.7 Å². The van der Waals surface area contributed by atoms with E-state index in [1.54, 1.807) is 0 Å². The predicted molar refractivity (Wildman–Crippen MR) is 52.9 cm³/mol. The summed E-state index contributed by atoms with van der Waals surface area (Å²) in [5, 5.41) is 0. The molecule has 76 valence electrons. The van der Waals surface area contributed by atoms with Gasteiger partial charge in [0.2, 0.25) is 0 Å². The molecule has 0 amide bonds. The van der Waals surface area contributed by atoms with Gasteiger partial charge < -0.3 is 9.64 Å². The van der Waals surface area contributed by atoms with Crippen molar-refractivity contribution in [3.63, 3.8) is 0 Å². The van der Waals surface area contributed by atoms with Crippen LogP contribution in [-0.2, 0) is 4.74 Å². The molecule has 2 rings (SSSR count). The van der Waals surface area contributed by atoms with Crippen molar-refractivity contribution in [1.29, 1.82) is 0 Å². The molecule has 2 fully saturated rings. The Kier molecular flexibility index (Phi) is 2.58. The van der Waals surface area contributed by atoms with Crippen LogP contribution in [0.15, 0.2) is 0 Å². The van der Waals surface area contributed by atoms with Gasteiger partial charge in [-0.05, 0) is 20.9 Å². The molecular formula is C10H20N2O. The lowest BCUT2D eigenvalue weighted by molar-refractivity contribution is -0.111. The summed E-state index contributed by atoms with van der Waals surface area (Å²) < 4.78 is 5.74. The third kappa shape index (κ3) is 1.73. The molecule has 1 unspecified atom stereocenters. The first-order chi connectivity index (χ1) is 6.18. The van der Waals surface area contributed by atoms with Crippen LogP contribution in [-0.4, -0.2) is 61.3 Å². The maximum Gasteiger partial charge on any atom is 0.0700 e. The lowest BCUT2D eigenvalue weighted by atomic mass is 10.0. The lowest BCUT2D eigenvalue weighted by Crippen LogP contribution is -2.62. The molecule has 2 aliphatic rings. The Morgan fingerprint density at radius 1 is 1.23 bits per heavy atom. The van der Waals surface area contributed by atoms with Gasteiger partial charge in [0.1, 0.15) is 0 Å². The number of rotatable bonds is 0. The summed E-state index contributed by atoms with van der Waals surface area (Å²) in [4.78, 5) is 5.00. The maximum absolute atomic E-state index is 5.74. The fraction of sp³-hybridized carbons (Fsp3) is 1.00. The van der Waals surface area contributed by atoms with Gasteiger partial charge in [0.25, 0.3) is 0 Å². The van der Waals surface area contributed by atoms with Gasteiger partial charge in [-0.15, -0.1) is 0 Å². The normalized spacial score (nSPS) is 43.2. The monoisotopic (exact) mass is 184 g/mol. The molecular weight excluding hydrogens is 164 g/mol. The van der Waals surface area contributed by atoms with Gasteiger partial charge in [0.15, 0.2) is 0 Å². The molecule has 2 aliphatic heterocycles. The van der Waals surface area contributed by atoms with Crippen LogP contribution < -0.4 is 0 Å². The number of hydrogen-bond acceptors (Lipinski definition) is 3. The van der Waals surface area contributed by atoms with Crippen LogP contribution in [0.1, 0.15) is 13.8 Å². The van der Waals surface area contributed by atoms with Crippen molar-refractivity contribution in [2.24, 2.45) is 0 Å². The largest absolute Gasteiger partial charge is 0.375 e.